The van der Waals surface area contributed by atoms with E-state index in [1.165, 1.54) is 37.7 Å². The molecule has 1 heterocycles. The first-order valence-corrected chi connectivity index (χ1v) is 7.97. The molecule has 1 aromatic rings. The second-order valence-electron chi connectivity index (χ2n) is 4.68. The van der Waals surface area contributed by atoms with Gasteiger partial charge in [0.25, 0.3) is 0 Å². The van der Waals surface area contributed by atoms with Gasteiger partial charge in [-0.3, -0.25) is 0 Å². The largest absolute Gasteiger partial charge is 0.486 e. The average Bonchev–Trinajstić information content (AvgIpc) is 2.42. The molecule has 1 aliphatic heterocycles. The van der Waals surface area contributed by atoms with Crippen molar-refractivity contribution in [1.82, 2.24) is 0 Å². The molecule has 1 aromatic carbocycles. The van der Waals surface area contributed by atoms with Crippen molar-refractivity contribution in [3.05, 3.63) is 23.8 Å². The molecular formula is C15H21BrO2. The minimum absolute atomic E-state index is 0.667. The summed E-state index contributed by atoms with van der Waals surface area (Å²) < 4.78 is 11.1. The Kier molecular flexibility index (Phi) is 5.85. The van der Waals surface area contributed by atoms with Crippen molar-refractivity contribution in [2.45, 2.75) is 38.5 Å². The lowest BCUT2D eigenvalue weighted by Gasteiger charge is -2.18. The van der Waals surface area contributed by atoms with Crippen molar-refractivity contribution >= 4 is 15.9 Å². The van der Waals surface area contributed by atoms with Crippen molar-refractivity contribution in [3.8, 4) is 11.5 Å². The van der Waals surface area contributed by atoms with Gasteiger partial charge in [0.05, 0.1) is 0 Å². The highest BCUT2D eigenvalue weighted by Gasteiger charge is 2.11. The molecule has 0 saturated carbocycles. The predicted molar refractivity (Wildman–Crippen MR) is 78.0 cm³/mol. The quantitative estimate of drug-likeness (QED) is 0.550. The summed E-state index contributed by atoms with van der Waals surface area (Å²) in [6.45, 7) is 1.34. The zero-order valence-corrected chi connectivity index (χ0v) is 12.4. The molecular weight excluding hydrogens is 292 g/mol. The molecule has 0 unspecified atom stereocenters. The molecule has 3 heteroatoms. The van der Waals surface area contributed by atoms with Gasteiger partial charge >= 0.3 is 0 Å². The molecule has 0 aliphatic carbocycles. The third-order valence-corrected chi connectivity index (χ3v) is 3.77. The number of fused-ring (bicyclic) bond motifs is 1. The molecule has 0 radical (unpaired) electrons. The van der Waals surface area contributed by atoms with E-state index >= 15 is 0 Å². The first-order valence-electron chi connectivity index (χ1n) is 6.84. The van der Waals surface area contributed by atoms with Crippen molar-refractivity contribution in [2.24, 2.45) is 0 Å². The van der Waals surface area contributed by atoms with Crippen LogP contribution in [0.25, 0.3) is 0 Å². The number of aryl methyl sites for hydroxylation is 1. The smallest absolute Gasteiger partial charge is 0.161 e. The van der Waals surface area contributed by atoms with Crippen LogP contribution in [-0.2, 0) is 6.42 Å². The van der Waals surface area contributed by atoms with E-state index in [-0.39, 0.29) is 0 Å². The Bertz CT molecular complexity index is 366. The molecule has 0 N–H and O–H groups in total. The van der Waals surface area contributed by atoms with E-state index in [4.69, 9.17) is 9.47 Å². The highest BCUT2D eigenvalue weighted by atomic mass is 79.9. The van der Waals surface area contributed by atoms with Gasteiger partial charge in [0.1, 0.15) is 13.2 Å². The maximum Gasteiger partial charge on any atom is 0.161 e. The third kappa shape index (κ3) is 4.20. The van der Waals surface area contributed by atoms with Crippen LogP contribution in [0.1, 0.15) is 37.7 Å². The number of benzene rings is 1. The van der Waals surface area contributed by atoms with Crippen molar-refractivity contribution in [1.29, 1.82) is 0 Å². The number of rotatable bonds is 7. The van der Waals surface area contributed by atoms with Gasteiger partial charge in [0.15, 0.2) is 11.5 Å². The molecule has 0 spiro atoms. The van der Waals surface area contributed by atoms with Gasteiger partial charge in [-0.15, -0.1) is 0 Å². The molecule has 2 rings (SSSR count). The van der Waals surface area contributed by atoms with E-state index < -0.39 is 0 Å². The normalized spacial score (nSPS) is 13.6. The number of ether oxygens (including phenoxy) is 2. The second-order valence-corrected chi connectivity index (χ2v) is 5.48. The molecule has 0 bridgehead atoms. The lowest BCUT2D eigenvalue weighted by molar-refractivity contribution is 0.171. The van der Waals surface area contributed by atoms with Crippen LogP contribution in [0.5, 0.6) is 11.5 Å². The van der Waals surface area contributed by atoms with Gasteiger partial charge in [-0.25, -0.2) is 0 Å². The Morgan fingerprint density at radius 2 is 1.61 bits per heavy atom. The van der Waals surface area contributed by atoms with Crippen LogP contribution in [0.4, 0.5) is 0 Å². The molecule has 0 aromatic heterocycles. The number of hydrogen-bond donors (Lipinski definition) is 0. The zero-order valence-electron chi connectivity index (χ0n) is 10.8. The monoisotopic (exact) mass is 312 g/mol. The van der Waals surface area contributed by atoms with Crippen molar-refractivity contribution in [2.75, 3.05) is 18.5 Å². The molecule has 0 fully saturated rings. The summed E-state index contributed by atoms with van der Waals surface area (Å²) in [6, 6.07) is 6.33. The van der Waals surface area contributed by atoms with E-state index in [9.17, 15) is 0 Å². The topological polar surface area (TPSA) is 18.5 Å². The number of alkyl halides is 1. The lowest BCUT2D eigenvalue weighted by atomic mass is 10.0. The minimum atomic E-state index is 0.667. The van der Waals surface area contributed by atoms with Gasteiger partial charge < -0.3 is 9.47 Å². The highest BCUT2D eigenvalue weighted by molar-refractivity contribution is 9.09. The fourth-order valence-electron chi connectivity index (χ4n) is 2.20. The lowest BCUT2D eigenvalue weighted by Crippen LogP contribution is -2.15. The summed E-state index contributed by atoms with van der Waals surface area (Å²) in [5.41, 5.74) is 1.36. The first kappa shape index (κ1) is 13.7. The average molecular weight is 313 g/mol. The van der Waals surface area contributed by atoms with Gasteiger partial charge in [0, 0.05) is 5.33 Å². The van der Waals surface area contributed by atoms with Crippen LogP contribution in [0, 0.1) is 0 Å². The Hall–Kier alpha value is -0.700. The maximum atomic E-state index is 5.59. The van der Waals surface area contributed by atoms with E-state index in [0.717, 1.165) is 23.2 Å². The third-order valence-electron chi connectivity index (χ3n) is 3.21. The SMILES string of the molecule is BrCCCCCCCc1ccc2c(c1)OCCO2. The summed E-state index contributed by atoms with van der Waals surface area (Å²) in [6.07, 6.45) is 7.71. The van der Waals surface area contributed by atoms with E-state index in [1.54, 1.807) is 0 Å². The predicted octanol–water partition coefficient (Wildman–Crippen LogP) is 4.35. The van der Waals surface area contributed by atoms with E-state index in [0.29, 0.717) is 13.2 Å². The van der Waals surface area contributed by atoms with E-state index in [2.05, 4.69) is 28.1 Å². The number of unbranched alkanes of at least 4 members (excludes halogenated alkanes) is 4. The number of halogens is 1. The minimum Gasteiger partial charge on any atom is -0.486 e. The zero-order chi connectivity index (χ0) is 12.6. The Labute approximate surface area is 118 Å². The fraction of sp³-hybridized carbons (Fsp3) is 0.600. The maximum absolute atomic E-state index is 5.59. The van der Waals surface area contributed by atoms with Gasteiger partial charge in [-0.2, -0.15) is 0 Å². The highest BCUT2D eigenvalue weighted by Crippen LogP contribution is 2.31. The van der Waals surface area contributed by atoms with Crippen LogP contribution in [0.3, 0.4) is 0 Å². The van der Waals surface area contributed by atoms with Crippen molar-refractivity contribution in [3.63, 3.8) is 0 Å². The van der Waals surface area contributed by atoms with Crippen molar-refractivity contribution < 1.29 is 9.47 Å². The Morgan fingerprint density at radius 3 is 2.44 bits per heavy atom. The molecule has 0 saturated heterocycles. The molecule has 1 aliphatic rings. The van der Waals surface area contributed by atoms with Crippen LogP contribution >= 0.6 is 15.9 Å². The van der Waals surface area contributed by atoms with Gasteiger partial charge in [-0.1, -0.05) is 41.3 Å². The summed E-state index contributed by atoms with van der Waals surface area (Å²) in [7, 11) is 0. The molecule has 2 nitrogen and oxygen atoms in total. The number of hydrogen-bond acceptors (Lipinski definition) is 2. The molecule has 0 atom stereocenters. The van der Waals surface area contributed by atoms with Gasteiger partial charge in [-0.05, 0) is 37.0 Å². The molecule has 0 amide bonds. The van der Waals surface area contributed by atoms with Crippen LogP contribution in [-0.4, -0.2) is 18.5 Å². The summed E-state index contributed by atoms with van der Waals surface area (Å²) in [5, 5.41) is 1.13. The van der Waals surface area contributed by atoms with E-state index in [1.807, 2.05) is 6.07 Å². The summed E-state index contributed by atoms with van der Waals surface area (Å²) in [4.78, 5) is 0. The van der Waals surface area contributed by atoms with Crippen LogP contribution < -0.4 is 9.47 Å². The summed E-state index contributed by atoms with van der Waals surface area (Å²) >= 11 is 3.46. The van der Waals surface area contributed by atoms with Gasteiger partial charge in [0.2, 0.25) is 0 Å². The van der Waals surface area contributed by atoms with Crippen LogP contribution in [0.15, 0.2) is 18.2 Å². The Balaban J connectivity index is 1.72. The molecule has 18 heavy (non-hydrogen) atoms. The Morgan fingerprint density at radius 1 is 0.889 bits per heavy atom. The second kappa shape index (κ2) is 7.67. The first-order chi connectivity index (χ1) is 8.90. The summed E-state index contributed by atoms with van der Waals surface area (Å²) in [5.74, 6) is 1.81. The van der Waals surface area contributed by atoms with Crippen LogP contribution in [0.2, 0.25) is 0 Å². The molecule has 100 valence electrons. The fourth-order valence-corrected chi connectivity index (χ4v) is 2.59. The standard InChI is InChI=1S/C15H21BrO2/c16-9-5-3-1-2-4-6-13-7-8-14-15(12-13)18-11-10-17-14/h7-8,12H,1-6,9-11H2.